The van der Waals surface area contributed by atoms with Crippen LogP contribution in [-0.2, 0) is 4.74 Å². The summed E-state index contributed by atoms with van der Waals surface area (Å²) in [7, 11) is 4.23. The molecule has 1 unspecified atom stereocenters. The highest BCUT2D eigenvalue weighted by Gasteiger charge is 2.17. The maximum absolute atomic E-state index is 9.71. The highest BCUT2D eigenvalue weighted by Crippen LogP contribution is 1.98. The van der Waals surface area contributed by atoms with Gasteiger partial charge in [0.25, 0.3) is 0 Å². The van der Waals surface area contributed by atoms with Crippen molar-refractivity contribution in [1.82, 2.24) is 10.2 Å². The van der Waals surface area contributed by atoms with Gasteiger partial charge in [-0.1, -0.05) is 11.6 Å². The average molecular weight is 243 g/mol. The summed E-state index contributed by atoms with van der Waals surface area (Å²) < 4.78 is 4.14. The third kappa shape index (κ3) is 7.38. The van der Waals surface area contributed by atoms with E-state index in [4.69, 9.17) is 23.2 Å². The summed E-state index contributed by atoms with van der Waals surface area (Å²) in [5.41, 5.74) is -1.51. The minimum atomic E-state index is -0.873. The Morgan fingerprint density at radius 3 is 2.07 bits per heavy atom. The van der Waals surface area contributed by atoms with E-state index in [0.29, 0.717) is 0 Å². The summed E-state index contributed by atoms with van der Waals surface area (Å²) in [4.78, 5) is 12.0. The van der Waals surface area contributed by atoms with Gasteiger partial charge in [-0.3, -0.25) is 0 Å². The van der Waals surface area contributed by atoms with E-state index in [1.165, 1.54) is 20.0 Å². The first-order chi connectivity index (χ1) is 6.43. The molecule has 0 aromatic rings. The Balaban J connectivity index is 0.000000241. The van der Waals surface area contributed by atoms with E-state index in [9.17, 15) is 4.79 Å². The van der Waals surface area contributed by atoms with Crippen LogP contribution in [0.1, 0.15) is 6.92 Å². The Bertz CT molecular complexity index is 173. The quantitative estimate of drug-likeness (QED) is 0.589. The Labute approximate surface area is 94.5 Å². The van der Waals surface area contributed by atoms with E-state index in [-0.39, 0.29) is 0 Å². The molecule has 0 amide bonds. The second-order valence-corrected chi connectivity index (χ2v) is 4.10. The van der Waals surface area contributed by atoms with Gasteiger partial charge in [-0.2, -0.15) is 0 Å². The molecule has 1 heterocycles. The molecule has 1 N–H and O–H groups in total. The van der Waals surface area contributed by atoms with Gasteiger partial charge >= 0.3 is 5.43 Å². The summed E-state index contributed by atoms with van der Waals surface area (Å²) in [5.74, 6) is 0. The number of nitrogens with zero attached hydrogens (tertiary/aromatic N) is 1. The van der Waals surface area contributed by atoms with Crippen LogP contribution in [-0.4, -0.2) is 49.1 Å². The molecule has 0 aliphatic carbocycles. The van der Waals surface area contributed by atoms with Crippen LogP contribution in [0.4, 0.5) is 4.79 Å². The molecule has 6 heteroatoms. The number of hydrogen-bond donors (Lipinski definition) is 1. The number of nitrogens with one attached hydrogen (secondary N) is 1. The van der Waals surface area contributed by atoms with Crippen molar-refractivity contribution < 1.29 is 9.53 Å². The van der Waals surface area contributed by atoms with Crippen LogP contribution in [0.5, 0.6) is 0 Å². The minimum absolute atomic E-state index is 0.634. The lowest BCUT2D eigenvalue weighted by molar-refractivity contribution is 0.166. The third-order valence-electron chi connectivity index (χ3n) is 1.75. The normalized spacial score (nSPS) is 17.9. The fourth-order valence-corrected chi connectivity index (χ4v) is 1.03. The molecule has 1 aliphatic heterocycles. The van der Waals surface area contributed by atoms with E-state index in [2.05, 4.69) is 29.0 Å². The number of hydrogen-bond acceptors (Lipinski definition) is 4. The maximum Gasteiger partial charge on any atom is 0.405 e. The fourth-order valence-electron chi connectivity index (χ4n) is 0.766. The van der Waals surface area contributed by atoms with Gasteiger partial charge in [-0.05, 0) is 21.0 Å². The van der Waals surface area contributed by atoms with E-state index in [1.54, 1.807) is 0 Å². The van der Waals surface area contributed by atoms with E-state index in [0.717, 1.165) is 6.04 Å². The zero-order valence-electron chi connectivity index (χ0n) is 8.59. The molecule has 0 radical (unpaired) electrons. The van der Waals surface area contributed by atoms with Crippen molar-refractivity contribution in [2.45, 2.75) is 18.5 Å². The second-order valence-electron chi connectivity index (χ2n) is 3.17. The van der Waals surface area contributed by atoms with Gasteiger partial charge in [0.1, 0.15) is 0 Å². The Kier molecular flexibility index (Phi) is 7.27. The van der Waals surface area contributed by atoms with E-state index in [1.807, 2.05) is 0 Å². The van der Waals surface area contributed by atoms with Crippen LogP contribution in [0.2, 0.25) is 0 Å². The number of carbonyl (C=O) groups excluding carboxylic acids is 1. The van der Waals surface area contributed by atoms with Crippen molar-refractivity contribution in [2.75, 3.05) is 27.2 Å². The van der Waals surface area contributed by atoms with Crippen molar-refractivity contribution in [3.63, 3.8) is 0 Å². The number of halogens is 2. The molecule has 1 saturated heterocycles. The van der Waals surface area contributed by atoms with Gasteiger partial charge in [0.05, 0.1) is 0 Å². The number of alkyl halides is 1. The maximum atomic E-state index is 9.71. The van der Waals surface area contributed by atoms with Crippen LogP contribution in [0, 0.1) is 0 Å². The lowest BCUT2D eigenvalue weighted by Crippen LogP contribution is -2.54. The smallest absolute Gasteiger partial charge is 0.405 e. The predicted molar refractivity (Wildman–Crippen MR) is 58.0 cm³/mol. The number of ether oxygens (including phenoxy) is 1. The molecule has 0 saturated carbocycles. The number of likely N-dealkylation sites (N-methyl/N-ethyl adjacent to an activating group) is 1. The summed E-state index contributed by atoms with van der Waals surface area (Å²) in [6.07, 6.45) is 0. The average Bonchev–Trinajstić information content (AvgIpc) is 1.77. The molecule has 0 aromatic carbocycles. The SMILES string of the molecule is CC(Cl)OC(=O)Cl.CN(C)C1CNC1. The molecule has 0 bridgehead atoms. The monoisotopic (exact) mass is 242 g/mol. The van der Waals surface area contributed by atoms with Crippen LogP contribution in [0.25, 0.3) is 0 Å². The molecule has 84 valence electrons. The summed E-state index contributed by atoms with van der Waals surface area (Å²) in [5, 5.41) is 3.20. The standard InChI is InChI=1S/C5H12N2.C3H4Cl2O2/c1-7(2)5-3-6-4-5;1-2(4)7-3(5)6/h5-6H,3-4H2,1-2H3;2H,1H3. The highest BCUT2D eigenvalue weighted by atomic mass is 35.5. The van der Waals surface area contributed by atoms with Crippen LogP contribution < -0.4 is 5.32 Å². The third-order valence-corrected chi connectivity index (χ3v) is 1.92. The first-order valence-corrected chi connectivity index (χ1v) is 5.12. The molecule has 0 aromatic heterocycles. The zero-order chi connectivity index (χ0) is 11.1. The van der Waals surface area contributed by atoms with Gasteiger partial charge in [0, 0.05) is 30.7 Å². The molecule has 14 heavy (non-hydrogen) atoms. The Hall–Kier alpha value is -0.0300. The van der Waals surface area contributed by atoms with Gasteiger partial charge in [-0.15, -0.1) is 0 Å². The molecule has 1 atom stereocenters. The lowest BCUT2D eigenvalue weighted by Gasteiger charge is -2.32. The first kappa shape index (κ1) is 14.0. The number of rotatable bonds is 2. The zero-order valence-corrected chi connectivity index (χ0v) is 10.1. The van der Waals surface area contributed by atoms with Crippen LogP contribution >= 0.6 is 23.2 Å². The predicted octanol–water partition coefficient (Wildman–Crippen LogP) is 1.47. The molecular formula is C8H16Cl2N2O2. The largest absolute Gasteiger partial charge is 0.434 e. The molecule has 1 rings (SSSR count). The number of carbonyl (C=O) groups is 1. The molecule has 0 spiro atoms. The first-order valence-electron chi connectivity index (χ1n) is 4.30. The summed E-state index contributed by atoms with van der Waals surface area (Å²) >= 11 is 9.87. The van der Waals surface area contributed by atoms with Crippen molar-refractivity contribution in [2.24, 2.45) is 0 Å². The van der Waals surface area contributed by atoms with Crippen molar-refractivity contribution in [1.29, 1.82) is 0 Å². The van der Waals surface area contributed by atoms with Gasteiger partial charge < -0.3 is 15.0 Å². The molecule has 4 nitrogen and oxygen atoms in total. The summed E-state index contributed by atoms with van der Waals surface area (Å²) in [6, 6.07) is 0.806. The summed E-state index contributed by atoms with van der Waals surface area (Å²) in [6.45, 7) is 3.85. The van der Waals surface area contributed by atoms with Gasteiger partial charge in [0.2, 0.25) is 0 Å². The molecule has 1 fully saturated rings. The Morgan fingerprint density at radius 2 is 2.07 bits per heavy atom. The topological polar surface area (TPSA) is 41.6 Å². The Morgan fingerprint density at radius 1 is 1.57 bits per heavy atom. The van der Waals surface area contributed by atoms with Crippen molar-refractivity contribution >= 4 is 28.6 Å². The second kappa shape index (κ2) is 7.29. The van der Waals surface area contributed by atoms with E-state index < -0.39 is 11.0 Å². The van der Waals surface area contributed by atoms with Crippen molar-refractivity contribution in [3.05, 3.63) is 0 Å². The fraction of sp³-hybridized carbons (Fsp3) is 0.875. The highest BCUT2D eigenvalue weighted by molar-refractivity contribution is 6.61. The molecule has 1 aliphatic rings. The van der Waals surface area contributed by atoms with Crippen molar-refractivity contribution in [3.8, 4) is 0 Å². The lowest BCUT2D eigenvalue weighted by atomic mass is 10.2. The van der Waals surface area contributed by atoms with Crippen LogP contribution in [0.3, 0.4) is 0 Å². The molecular weight excluding hydrogens is 227 g/mol. The van der Waals surface area contributed by atoms with Crippen LogP contribution in [0.15, 0.2) is 0 Å². The van der Waals surface area contributed by atoms with Gasteiger partial charge in [0.15, 0.2) is 5.56 Å². The minimum Gasteiger partial charge on any atom is -0.434 e. The van der Waals surface area contributed by atoms with Gasteiger partial charge in [-0.25, -0.2) is 4.79 Å². The van der Waals surface area contributed by atoms with E-state index >= 15 is 0 Å².